The summed E-state index contributed by atoms with van der Waals surface area (Å²) in [5.74, 6) is -0.254. The highest BCUT2D eigenvalue weighted by Crippen LogP contribution is 2.19. The zero-order chi connectivity index (χ0) is 17.6. The predicted molar refractivity (Wildman–Crippen MR) is 95.6 cm³/mol. The number of hydrogen-bond acceptors (Lipinski definition) is 5. The Morgan fingerprint density at radius 1 is 1.20 bits per heavy atom. The van der Waals surface area contributed by atoms with Crippen LogP contribution in [0.3, 0.4) is 0 Å². The van der Waals surface area contributed by atoms with Crippen molar-refractivity contribution in [2.75, 3.05) is 12.4 Å². The molecule has 2 aromatic carbocycles. The number of benzene rings is 2. The maximum Gasteiger partial charge on any atom is 0.309 e. The maximum atomic E-state index is 11.4. The summed E-state index contributed by atoms with van der Waals surface area (Å²) in [6.07, 6.45) is 2.16. The highest BCUT2D eigenvalue weighted by molar-refractivity contribution is 5.72. The van der Waals surface area contributed by atoms with Crippen molar-refractivity contribution in [1.82, 2.24) is 15.0 Å². The lowest BCUT2D eigenvalue weighted by atomic mass is 10.1. The van der Waals surface area contributed by atoms with Crippen LogP contribution in [0.15, 0.2) is 60.8 Å². The largest absolute Gasteiger partial charge is 0.469 e. The molecule has 6 heteroatoms. The number of nitrogens with zero attached hydrogens (tertiary/aromatic N) is 3. The summed E-state index contributed by atoms with van der Waals surface area (Å²) in [4.78, 5) is 11.4. The van der Waals surface area contributed by atoms with Gasteiger partial charge in [-0.25, -0.2) is 4.68 Å². The van der Waals surface area contributed by atoms with Gasteiger partial charge in [0.1, 0.15) is 5.69 Å². The van der Waals surface area contributed by atoms with Gasteiger partial charge in [-0.15, -0.1) is 5.10 Å². The van der Waals surface area contributed by atoms with Crippen molar-refractivity contribution in [1.29, 1.82) is 0 Å². The summed E-state index contributed by atoms with van der Waals surface area (Å²) >= 11 is 0. The van der Waals surface area contributed by atoms with Crippen LogP contribution < -0.4 is 5.32 Å². The average Bonchev–Trinajstić information content (AvgIpc) is 3.13. The molecule has 128 valence electrons. The molecule has 0 bridgehead atoms. The lowest BCUT2D eigenvalue weighted by Crippen LogP contribution is -2.08. The molecular weight excluding hydrogens is 316 g/mol. The van der Waals surface area contributed by atoms with Gasteiger partial charge in [0, 0.05) is 5.69 Å². The van der Waals surface area contributed by atoms with E-state index in [0.29, 0.717) is 0 Å². The van der Waals surface area contributed by atoms with Crippen molar-refractivity contribution >= 4 is 11.7 Å². The minimum Gasteiger partial charge on any atom is -0.469 e. The van der Waals surface area contributed by atoms with E-state index < -0.39 is 0 Å². The number of aromatic nitrogens is 3. The van der Waals surface area contributed by atoms with E-state index in [-0.39, 0.29) is 18.4 Å². The van der Waals surface area contributed by atoms with Gasteiger partial charge in [-0.05, 0) is 36.8 Å². The van der Waals surface area contributed by atoms with Crippen molar-refractivity contribution in [3.8, 4) is 5.69 Å². The minimum absolute atomic E-state index is 0.0224. The molecular formula is C19H20N4O2. The number of carbonyl (C=O) groups is 1. The average molecular weight is 336 g/mol. The molecule has 0 spiro atoms. The van der Waals surface area contributed by atoms with Gasteiger partial charge in [0.25, 0.3) is 0 Å². The Labute approximate surface area is 146 Å². The van der Waals surface area contributed by atoms with Crippen LogP contribution in [-0.4, -0.2) is 28.1 Å². The van der Waals surface area contributed by atoms with Crippen LogP contribution >= 0.6 is 0 Å². The maximum absolute atomic E-state index is 11.4. The summed E-state index contributed by atoms with van der Waals surface area (Å²) < 4.78 is 6.46. The van der Waals surface area contributed by atoms with E-state index in [4.69, 9.17) is 4.74 Å². The van der Waals surface area contributed by atoms with Gasteiger partial charge in [0.05, 0.1) is 31.5 Å². The van der Waals surface area contributed by atoms with E-state index in [2.05, 4.69) is 15.6 Å². The van der Waals surface area contributed by atoms with E-state index in [1.165, 1.54) is 7.11 Å². The Kier molecular flexibility index (Phi) is 5.09. The molecule has 0 saturated carbocycles. The summed E-state index contributed by atoms with van der Waals surface area (Å²) in [5, 5.41) is 11.8. The number of nitrogens with one attached hydrogen (secondary N) is 1. The van der Waals surface area contributed by atoms with Crippen molar-refractivity contribution in [3.63, 3.8) is 0 Å². The zero-order valence-corrected chi connectivity index (χ0v) is 14.2. The normalized spacial score (nSPS) is 11.8. The molecule has 1 N–H and O–H groups in total. The van der Waals surface area contributed by atoms with Gasteiger partial charge in [0.15, 0.2) is 0 Å². The first-order valence-electron chi connectivity index (χ1n) is 8.05. The molecule has 1 atom stereocenters. The summed E-state index contributed by atoms with van der Waals surface area (Å²) in [5.41, 5.74) is 3.62. The van der Waals surface area contributed by atoms with Crippen LogP contribution in [0.1, 0.15) is 24.2 Å². The third kappa shape index (κ3) is 4.23. The fourth-order valence-corrected chi connectivity index (χ4v) is 2.52. The van der Waals surface area contributed by atoms with Gasteiger partial charge in [0.2, 0.25) is 0 Å². The third-order valence-corrected chi connectivity index (χ3v) is 3.86. The third-order valence-electron chi connectivity index (χ3n) is 3.86. The minimum atomic E-state index is -0.254. The van der Waals surface area contributed by atoms with Crippen LogP contribution in [-0.2, 0) is 16.0 Å². The Hall–Kier alpha value is -3.15. The Balaban J connectivity index is 1.70. The van der Waals surface area contributed by atoms with Gasteiger partial charge in [-0.3, -0.25) is 4.79 Å². The lowest BCUT2D eigenvalue weighted by molar-refractivity contribution is -0.139. The standard InChI is InChI=1S/C19H20N4O2/c1-14(18-13-23(22-21-18)17-9-4-3-5-10-17)20-16-8-6-7-15(11-16)12-19(24)25-2/h3-11,13-14,20H,12H2,1-2H3/t14-/m1/s1. The second kappa shape index (κ2) is 7.61. The molecule has 0 fully saturated rings. The van der Waals surface area contributed by atoms with Gasteiger partial charge >= 0.3 is 5.97 Å². The summed E-state index contributed by atoms with van der Waals surface area (Å²) in [6.45, 7) is 2.02. The number of esters is 1. The van der Waals surface area contributed by atoms with Crippen LogP contribution in [0.4, 0.5) is 5.69 Å². The number of hydrogen-bond donors (Lipinski definition) is 1. The second-order valence-corrected chi connectivity index (χ2v) is 5.74. The van der Waals surface area contributed by atoms with E-state index >= 15 is 0 Å². The van der Waals surface area contributed by atoms with Crippen molar-refractivity contribution < 1.29 is 9.53 Å². The number of ether oxygens (including phenoxy) is 1. The smallest absolute Gasteiger partial charge is 0.309 e. The van der Waals surface area contributed by atoms with Crippen LogP contribution in [0, 0.1) is 0 Å². The van der Waals surface area contributed by atoms with E-state index in [9.17, 15) is 4.79 Å². The Morgan fingerprint density at radius 3 is 2.76 bits per heavy atom. The zero-order valence-electron chi connectivity index (χ0n) is 14.2. The molecule has 0 saturated heterocycles. The number of rotatable bonds is 6. The van der Waals surface area contributed by atoms with Gasteiger partial charge in [-0.2, -0.15) is 0 Å². The number of carbonyl (C=O) groups excluding carboxylic acids is 1. The molecule has 0 aliphatic rings. The number of para-hydroxylation sites is 1. The van der Waals surface area contributed by atoms with E-state index in [0.717, 1.165) is 22.6 Å². The van der Waals surface area contributed by atoms with E-state index in [1.807, 2.05) is 67.7 Å². The number of methoxy groups -OCH3 is 1. The monoisotopic (exact) mass is 336 g/mol. The lowest BCUT2D eigenvalue weighted by Gasteiger charge is -2.13. The molecule has 25 heavy (non-hydrogen) atoms. The molecule has 3 rings (SSSR count). The SMILES string of the molecule is COC(=O)Cc1cccc(N[C@H](C)c2cn(-c3ccccc3)nn2)c1. The molecule has 1 aromatic heterocycles. The molecule has 0 radical (unpaired) electrons. The number of anilines is 1. The fraction of sp³-hybridized carbons (Fsp3) is 0.211. The first kappa shape index (κ1) is 16.7. The van der Waals surface area contributed by atoms with Gasteiger partial charge in [-0.1, -0.05) is 35.5 Å². The van der Waals surface area contributed by atoms with Gasteiger partial charge < -0.3 is 10.1 Å². The van der Waals surface area contributed by atoms with Crippen molar-refractivity contribution in [2.45, 2.75) is 19.4 Å². The highest BCUT2D eigenvalue weighted by atomic mass is 16.5. The highest BCUT2D eigenvalue weighted by Gasteiger charge is 2.11. The molecule has 0 amide bonds. The molecule has 0 aliphatic carbocycles. The van der Waals surface area contributed by atoms with Crippen LogP contribution in [0.2, 0.25) is 0 Å². The molecule has 0 unspecified atom stereocenters. The van der Waals surface area contributed by atoms with Crippen LogP contribution in [0.25, 0.3) is 5.69 Å². The first-order chi connectivity index (χ1) is 12.2. The Morgan fingerprint density at radius 2 is 2.00 bits per heavy atom. The van der Waals surface area contributed by atoms with Crippen LogP contribution in [0.5, 0.6) is 0 Å². The van der Waals surface area contributed by atoms with Crippen molar-refractivity contribution in [2.24, 2.45) is 0 Å². The first-order valence-corrected chi connectivity index (χ1v) is 8.05. The predicted octanol–water partition coefficient (Wildman–Crippen LogP) is 3.16. The Bertz CT molecular complexity index is 845. The summed E-state index contributed by atoms with van der Waals surface area (Å²) in [6, 6.07) is 17.5. The summed E-state index contributed by atoms with van der Waals surface area (Å²) in [7, 11) is 1.39. The van der Waals surface area contributed by atoms with E-state index in [1.54, 1.807) is 4.68 Å². The molecule has 1 heterocycles. The molecule has 0 aliphatic heterocycles. The molecule has 6 nitrogen and oxygen atoms in total. The molecule has 3 aromatic rings. The van der Waals surface area contributed by atoms with Crippen molar-refractivity contribution in [3.05, 3.63) is 72.1 Å². The second-order valence-electron chi connectivity index (χ2n) is 5.74. The topological polar surface area (TPSA) is 69.0 Å². The quantitative estimate of drug-likeness (QED) is 0.700. The fourth-order valence-electron chi connectivity index (χ4n) is 2.52.